The van der Waals surface area contributed by atoms with E-state index in [1.165, 1.54) is 6.07 Å². The van der Waals surface area contributed by atoms with E-state index in [0.717, 1.165) is 5.56 Å². The Labute approximate surface area is 84.3 Å². The van der Waals surface area contributed by atoms with Crippen molar-refractivity contribution in [2.24, 2.45) is 0 Å². The molecule has 1 aromatic carbocycles. The number of hydrogen-bond donors (Lipinski definition) is 2. The van der Waals surface area contributed by atoms with Crippen LogP contribution in [-0.4, -0.2) is 16.3 Å². The van der Waals surface area contributed by atoms with Crippen LogP contribution < -0.4 is 0 Å². The average molecular weight is 216 g/mol. The van der Waals surface area contributed by atoms with E-state index >= 15 is 0 Å². The van der Waals surface area contributed by atoms with Gasteiger partial charge in [0, 0.05) is 0 Å². The third-order valence-electron chi connectivity index (χ3n) is 1.52. The lowest BCUT2D eigenvalue weighted by atomic mass is 10.1. The third kappa shape index (κ3) is 2.71. The van der Waals surface area contributed by atoms with Crippen molar-refractivity contribution in [2.45, 2.75) is 11.8 Å². The molecule has 0 unspecified atom stereocenters. The van der Waals surface area contributed by atoms with Crippen LogP contribution in [-0.2, 0) is 9.37 Å². The highest BCUT2D eigenvalue weighted by atomic mass is 32.2. The van der Waals surface area contributed by atoms with Crippen LogP contribution in [0.2, 0.25) is 0 Å². The minimum Gasteiger partial charge on any atom is -0.478 e. The number of aromatic carboxylic acids is 1. The molecule has 0 heterocycles. The molecule has 1 rings (SSSR count). The maximum Gasteiger partial charge on any atom is 0.336 e. The summed E-state index contributed by atoms with van der Waals surface area (Å²) in [6.45, 7) is 1.81. The molecule has 0 bridgehead atoms. The van der Waals surface area contributed by atoms with Gasteiger partial charge in [-0.2, -0.15) is 0 Å². The van der Waals surface area contributed by atoms with E-state index in [1.807, 2.05) is 6.92 Å². The van der Waals surface area contributed by atoms with Crippen molar-refractivity contribution in [2.75, 3.05) is 0 Å². The number of carboxylic acids is 1. The lowest BCUT2D eigenvalue weighted by Crippen LogP contribution is -1.99. The lowest BCUT2D eigenvalue weighted by molar-refractivity contribution is -0.432. The molecular formula is C8H8O5S. The summed E-state index contributed by atoms with van der Waals surface area (Å²) in [5, 5.41) is 20.1. The molecule has 0 aliphatic rings. The fourth-order valence-electron chi connectivity index (χ4n) is 0.927. The molecule has 0 saturated heterocycles. The number of carboxylic acid groups (broad SMARTS) is 1. The first kappa shape index (κ1) is 11.0. The number of benzene rings is 1. The van der Waals surface area contributed by atoms with Gasteiger partial charge in [0.2, 0.25) is 0 Å². The van der Waals surface area contributed by atoms with Crippen molar-refractivity contribution < 1.29 is 24.5 Å². The molecule has 0 fully saturated rings. The van der Waals surface area contributed by atoms with Gasteiger partial charge in [-0.1, -0.05) is 11.1 Å². The molecule has 0 atom stereocenters. The standard InChI is InChI=1S/C8H8O5S/c1-5-2-3-6(8(9)10)7(4-5)14-13-12-11/h2-4,11H,1H3,(H,9,10). The molecule has 0 amide bonds. The molecule has 0 aliphatic heterocycles. The summed E-state index contributed by atoms with van der Waals surface area (Å²) in [7, 11) is 0. The van der Waals surface area contributed by atoms with Gasteiger partial charge in [0.15, 0.2) is 0 Å². The summed E-state index contributed by atoms with van der Waals surface area (Å²) in [6, 6.07) is 4.75. The maximum atomic E-state index is 10.7. The summed E-state index contributed by atoms with van der Waals surface area (Å²) >= 11 is 0.636. The Morgan fingerprint density at radius 2 is 2.21 bits per heavy atom. The SMILES string of the molecule is Cc1ccc(C(=O)O)c(SOOO)c1. The van der Waals surface area contributed by atoms with Crippen molar-refractivity contribution in [3.05, 3.63) is 29.3 Å². The highest BCUT2D eigenvalue weighted by Crippen LogP contribution is 2.24. The summed E-state index contributed by atoms with van der Waals surface area (Å²) in [5.41, 5.74) is 0.983. The zero-order chi connectivity index (χ0) is 10.6. The third-order valence-corrected chi connectivity index (χ3v) is 2.17. The molecular weight excluding hydrogens is 208 g/mol. The molecule has 1 aromatic rings. The second kappa shape index (κ2) is 4.97. The minimum atomic E-state index is -1.06. The lowest BCUT2D eigenvalue weighted by Gasteiger charge is -2.03. The summed E-state index contributed by atoms with van der Waals surface area (Å²) in [6.07, 6.45) is 0. The number of aryl methyl sites for hydroxylation is 1. The number of rotatable bonds is 4. The molecule has 2 N–H and O–H groups in total. The summed E-state index contributed by atoms with van der Waals surface area (Å²) in [5.74, 6) is -1.06. The smallest absolute Gasteiger partial charge is 0.336 e. The topological polar surface area (TPSA) is 76.0 Å². The van der Waals surface area contributed by atoms with Gasteiger partial charge in [-0.3, -0.25) is 0 Å². The first-order valence-corrected chi connectivity index (χ1v) is 4.38. The molecule has 0 radical (unpaired) electrons. The van der Waals surface area contributed by atoms with Gasteiger partial charge in [-0.05, 0) is 24.6 Å². The number of hydrogen-bond acceptors (Lipinski definition) is 5. The summed E-state index contributed by atoms with van der Waals surface area (Å²) < 4.78 is 4.17. The van der Waals surface area contributed by atoms with Crippen LogP contribution in [0.25, 0.3) is 0 Å². The predicted molar refractivity (Wildman–Crippen MR) is 48.8 cm³/mol. The first-order valence-electron chi connectivity index (χ1n) is 3.64. The maximum absolute atomic E-state index is 10.7. The average Bonchev–Trinajstić information content (AvgIpc) is 2.14. The van der Waals surface area contributed by atoms with Crippen LogP contribution in [0.4, 0.5) is 0 Å². The Morgan fingerprint density at radius 3 is 2.79 bits per heavy atom. The van der Waals surface area contributed by atoms with Crippen molar-refractivity contribution in [3.8, 4) is 0 Å². The van der Waals surface area contributed by atoms with Gasteiger partial charge in [0.05, 0.1) is 22.5 Å². The highest BCUT2D eigenvalue weighted by Gasteiger charge is 2.11. The van der Waals surface area contributed by atoms with Gasteiger partial charge in [0.1, 0.15) is 0 Å². The van der Waals surface area contributed by atoms with Crippen LogP contribution in [0.15, 0.2) is 23.1 Å². The zero-order valence-electron chi connectivity index (χ0n) is 7.26. The molecule has 5 nitrogen and oxygen atoms in total. The van der Waals surface area contributed by atoms with Crippen molar-refractivity contribution in [1.82, 2.24) is 0 Å². The van der Waals surface area contributed by atoms with E-state index in [-0.39, 0.29) is 5.56 Å². The van der Waals surface area contributed by atoms with Gasteiger partial charge < -0.3 is 5.11 Å². The first-order chi connectivity index (χ1) is 6.65. The molecule has 6 heteroatoms. The molecule has 76 valence electrons. The van der Waals surface area contributed by atoms with Crippen LogP contribution >= 0.6 is 12.0 Å². The number of carbonyl (C=O) groups is 1. The Balaban J connectivity index is 2.97. The van der Waals surface area contributed by atoms with E-state index in [9.17, 15) is 4.79 Å². The largest absolute Gasteiger partial charge is 0.478 e. The van der Waals surface area contributed by atoms with E-state index in [2.05, 4.69) is 9.37 Å². The Hall–Kier alpha value is -1.08. The molecule has 0 aromatic heterocycles. The quantitative estimate of drug-likeness (QED) is 0.456. The Morgan fingerprint density at radius 1 is 1.50 bits per heavy atom. The van der Waals surface area contributed by atoms with E-state index in [4.69, 9.17) is 10.4 Å². The van der Waals surface area contributed by atoms with Crippen molar-refractivity contribution in [1.29, 1.82) is 0 Å². The zero-order valence-corrected chi connectivity index (χ0v) is 8.08. The van der Waals surface area contributed by atoms with Crippen molar-refractivity contribution in [3.63, 3.8) is 0 Å². The molecule has 0 spiro atoms. The van der Waals surface area contributed by atoms with E-state index in [0.29, 0.717) is 16.9 Å². The molecule has 14 heavy (non-hydrogen) atoms. The molecule has 0 aliphatic carbocycles. The Bertz CT molecular complexity index is 339. The second-order valence-electron chi connectivity index (χ2n) is 2.53. The van der Waals surface area contributed by atoms with Crippen LogP contribution in [0, 0.1) is 6.92 Å². The normalized spacial score (nSPS) is 10.1. The van der Waals surface area contributed by atoms with Crippen LogP contribution in [0.3, 0.4) is 0 Å². The minimum absolute atomic E-state index is 0.0950. The van der Waals surface area contributed by atoms with Crippen LogP contribution in [0.5, 0.6) is 0 Å². The van der Waals surface area contributed by atoms with Crippen LogP contribution in [0.1, 0.15) is 15.9 Å². The fourth-order valence-corrected chi connectivity index (χ4v) is 1.51. The van der Waals surface area contributed by atoms with Crippen molar-refractivity contribution >= 4 is 18.0 Å². The predicted octanol–water partition coefficient (Wildman–Crippen LogP) is 2.12. The van der Waals surface area contributed by atoms with Gasteiger partial charge in [0.25, 0.3) is 0 Å². The Kier molecular flexibility index (Phi) is 3.90. The van der Waals surface area contributed by atoms with E-state index < -0.39 is 5.97 Å². The second-order valence-corrected chi connectivity index (χ2v) is 3.27. The van der Waals surface area contributed by atoms with E-state index in [1.54, 1.807) is 12.1 Å². The van der Waals surface area contributed by atoms with Gasteiger partial charge in [-0.15, -0.1) is 4.33 Å². The fraction of sp³-hybridized carbons (Fsp3) is 0.125. The monoisotopic (exact) mass is 216 g/mol. The van der Waals surface area contributed by atoms with Gasteiger partial charge in [-0.25, -0.2) is 10.1 Å². The molecule has 0 saturated carbocycles. The highest BCUT2D eigenvalue weighted by molar-refractivity contribution is 7.94. The summed E-state index contributed by atoms with van der Waals surface area (Å²) in [4.78, 5) is 11.1. The van der Waals surface area contributed by atoms with Gasteiger partial charge >= 0.3 is 5.97 Å².